The van der Waals surface area contributed by atoms with Gasteiger partial charge >= 0.3 is 0 Å². The summed E-state index contributed by atoms with van der Waals surface area (Å²) in [5.74, 6) is 0.334. The third-order valence-electron chi connectivity index (χ3n) is 3.63. The second-order valence-corrected chi connectivity index (χ2v) is 6.52. The zero-order chi connectivity index (χ0) is 17.1. The van der Waals surface area contributed by atoms with Gasteiger partial charge in [0.05, 0.1) is 22.7 Å². The van der Waals surface area contributed by atoms with Gasteiger partial charge in [-0.25, -0.2) is 9.50 Å². The van der Waals surface area contributed by atoms with Gasteiger partial charge in [-0.2, -0.15) is 5.10 Å². The van der Waals surface area contributed by atoms with Gasteiger partial charge < -0.3 is 5.32 Å². The van der Waals surface area contributed by atoms with Gasteiger partial charge in [-0.05, 0) is 32.4 Å². The van der Waals surface area contributed by atoms with Gasteiger partial charge in [-0.15, -0.1) is 0 Å². The number of benzene rings is 1. The van der Waals surface area contributed by atoms with E-state index >= 15 is 0 Å². The molecule has 0 unspecified atom stereocenters. The fourth-order valence-corrected chi connectivity index (χ4v) is 3.45. The topological polar surface area (TPSA) is 59.3 Å². The van der Waals surface area contributed by atoms with Crippen molar-refractivity contribution in [3.8, 4) is 11.3 Å². The Morgan fingerprint density at radius 3 is 2.71 bits per heavy atom. The van der Waals surface area contributed by atoms with Gasteiger partial charge in [-0.1, -0.05) is 42.1 Å². The largest absolute Gasteiger partial charge is 0.356 e. The highest BCUT2D eigenvalue weighted by molar-refractivity contribution is 7.99. The molecule has 1 aromatic carbocycles. The summed E-state index contributed by atoms with van der Waals surface area (Å²) in [6.45, 7) is 6.58. The Kier molecular flexibility index (Phi) is 4.85. The zero-order valence-electron chi connectivity index (χ0n) is 14.0. The third-order valence-corrected chi connectivity index (χ3v) is 4.56. The number of rotatable bonds is 5. The van der Waals surface area contributed by atoms with Crippen molar-refractivity contribution in [1.29, 1.82) is 0 Å². The molecule has 2 heterocycles. The molecule has 0 radical (unpaired) electrons. The minimum atomic E-state index is 0.00452. The quantitative estimate of drug-likeness (QED) is 0.725. The van der Waals surface area contributed by atoms with Gasteiger partial charge in [0.25, 0.3) is 0 Å². The molecule has 0 fully saturated rings. The second kappa shape index (κ2) is 7.05. The average Bonchev–Trinajstić information content (AvgIpc) is 2.93. The lowest BCUT2D eigenvalue weighted by Gasteiger charge is -2.04. The van der Waals surface area contributed by atoms with Crippen molar-refractivity contribution in [2.45, 2.75) is 25.9 Å². The molecule has 0 spiro atoms. The Balaban J connectivity index is 2.08. The summed E-state index contributed by atoms with van der Waals surface area (Å²) in [7, 11) is 0. The summed E-state index contributed by atoms with van der Waals surface area (Å²) in [6, 6.07) is 12.1. The molecule has 2 aromatic heterocycles. The molecule has 0 aliphatic heterocycles. The van der Waals surface area contributed by atoms with Crippen LogP contribution in [0.4, 0.5) is 0 Å². The number of imidazole rings is 1. The van der Waals surface area contributed by atoms with Crippen LogP contribution in [-0.4, -0.2) is 32.8 Å². The van der Waals surface area contributed by atoms with Crippen molar-refractivity contribution in [3.05, 3.63) is 47.7 Å². The SMILES string of the molecule is CCNC(=O)CSc1nc(-c2ccccc2)c2c(C)cc(C)nn12. The molecule has 3 rings (SSSR count). The van der Waals surface area contributed by atoms with Gasteiger partial charge in [0.2, 0.25) is 5.91 Å². The molecule has 0 saturated heterocycles. The first kappa shape index (κ1) is 16.5. The van der Waals surface area contributed by atoms with Gasteiger partial charge in [0, 0.05) is 12.1 Å². The average molecular weight is 340 g/mol. The number of carbonyl (C=O) groups is 1. The van der Waals surface area contributed by atoms with Gasteiger partial charge in [0.1, 0.15) is 0 Å². The van der Waals surface area contributed by atoms with Crippen LogP contribution < -0.4 is 5.32 Å². The number of aryl methyl sites for hydroxylation is 2. The monoisotopic (exact) mass is 340 g/mol. The summed E-state index contributed by atoms with van der Waals surface area (Å²) in [6.07, 6.45) is 0. The van der Waals surface area contributed by atoms with Crippen LogP contribution in [0, 0.1) is 13.8 Å². The highest BCUT2D eigenvalue weighted by atomic mass is 32.2. The van der Waals surface area contributed by atoms with E-state index in [1.807, 2.05) is 48.7 Å². The van der Waals surface area contributed by atoms with Crippen LogP contribution in [0.5, 0.6) is 0 Å². The number of aromatic nitrogens is 3. The van der Waals surface area contributed by atoms with Crippen LogP contribution in [0.3, 0.4) is 0 Å². The first-order chi connectivity index (χ1) is 11.6. The lowest BCUT2D eigenvalue weighted by atomic mass is 10.1. The molecule has 5 nitrogen and oxygen atoms in total. The van der Waals surface area contributed by atoms with Crippen molar-refractivity contribution >= 4 is 23.2 Å². The molecule has 1 amide bonds. The minimum Gasteiger partial charge on any atom is -0.356 e. The van der Waals surface area contributed by atoms with Crippen molar-refractivity contribution < 1.29 is 4.79 Å². The highest BCUT2D eigenvalue weighted by Gasteiger charge is 2.17. The van der Waals surface area contributed by atoms with Crippen LogP contribution in [-0.2, 0) is 4.79 Å². The molecule has 0 bridgehead atoms. The maximum atomic E-state index is 11.8. The van der Waals surface area contributed by atoms with E-state index in [-0.39, 0.29) is 5.91 Å². The van der Waals surface area contributed by atoms with Crippen LogP contribution in [0.2, 0.25) is 0 Å². The highest BCUT2D eigenvalue weighted by Crippen LogP contribution is 2.30. The van der Waals surface area contributed by atoms with Crippen molar-refractivity contribution in [2.75, 3.05) is 12.3 Å². The van der Waals surface area contributed by atoms with E-state index in [1.54, 1.807) is 0 Å². The Morgan fingerprint density at radius 1 is 1.25 bits per heavy atom. The Bertz CT molecular complexity index is 874. The Hall–Kier alpha value is -2.34. The van der Waals surface area contributed by atoms with Crippen LogP contribution in [0.1, 0.15) is 18.2 Å². The van der Waals surface area contributed by atoms with Crippen molar-refractivity contribution in [2.24, 2.45) is 0 Å². The van der Waals surface area contributed by atoms with Crippen LogP contribution in [0.25, 0.3) is 16.8 Å². The molecule has 1 N–H and O–H groups in total. The van der Waals surface area contributed by atoms with E-state index in [0.29, 0.717) is 12.3 Å². The number of thioether (sulfide) groups is 1. The predicted octanol–water partition coefficient (Wildman–Crippen LogP) is 3.24. The molecule has 0 atom stereocenters. The summed E-state index contributed by atoms with van der Waals surface area (Å²) in [4.78, 5) is 16.6. The normalized spacial score (nSPS) is 11.0. The third kappa shape index (κ3) is 3.28. The first-order valence-electron chi connectivity index (χ1n) is 7.92. The molecule has 6 heteroatoms. The van der Waals surface area contributed by atoms with Crippen molar-refractivity contribution in [3.63, 3.8) is 0 Å². The smallest absolute Gasteiger partial charge is 0.230 e. The Labute approximate surface area is 145 Å². The molecule has 124 valence electrons. The molecule has 24 heavy (non-hydrogen) atoms. The molecular formula is C18H20N4OS. The van der Waals surface area contributed by atoms with E-state index in [4.69, 9.17) is 4.98 Å². The van der Waals surface area contributed by atoms with Gasteiger partial charge in [-0.3, -0.25) is 4.79 Å². The fourth-order valence-electron chi connectivity index (χ4n) is 2.68. The number of hydrogen-bond acceptors (Lipinski definition) is 4. The number of nitrogens with one attached hydrogen (secondary N) is 1. The molecule has 0 aliphatic rings. The van der Waals surface area contributed by atoms with Crippen LogP contribution in [0.15, 0.2) is 41.6 Å². The summed E-state index contributed by atoms with van der Waals surface area (Å²) >= 11 is 1.41. The van der Waals surface area contributed by atoms with Gasteiger partial charge in [0.15, 0.2) is 5.16 Å². The molecular weight excluding hydrogens is 320 g/mol. The predicted molar refractivity (Wildman–Crippen MR) is 97.3 cm³/mol. The summed E-state index contributed by atoms with van der Waals surface area (Å²) in [5, 5.41) is 8.15. The lowest BCUT2D eigenvalue weighted by Crippen LogP contribution is -2.24. The number of carbonyl (C=O) groups excluding carboxylic acids is 1. The standard InChI is InChI=1S/C18H20N4OS/c1-4-19-15(23)11-24-18-20-16(14-8-6-5-7-9-14)17-12(2)10-13(3)21-22(17)18/h5-10H,4,11H2,1-3H3,(H,19,23). The molecule has 0 saturated carbocycles. The Morgan fingerprint density at radius 2 is 2.00 bits per heavy atom. The number of fused-ring (bicyclic) bond motifs is 1. The van der Waals surface area contributed by atoms with E-state index in [2.05, 4.69) is 23.4 Å². The van der Waals surface area contributed by atoms with E-state index < -0.39 is 0 Å². The number of hydrogen-bond donors (Lipinski definition) is 1. The van der Waals surface area contributed by atoms with Crippen LogP contribution >= 0.6 is 11.8 Å². The molecule has 3 aromatic rings. The van der Waals surface area contributed by atoms with E-state index in [1.165, 1.54) is 11.8 Å². The number of amides is 1. The van der Waals surface area contributed by atoms with E-state index in [9.17, 15) is 4.79 Å². The summed E-state index contributed by atoms with van der Waals surface area (Å²) < 4.78 is 1.86. The number of nitrogens with zero attached hydrogens (tertiary/aromatic N) is 3. The second-order valence-electron chi connectivity index (χ2n) is 5.58. The maximum Gasteiger partial charge on any atom is 0.230 e. The summed E-state index contributed by atoms with van der Waals surface area (Å²) in [5.41, 5.74) is 4.99. The zero-order valence-corrected chi connectivity index (χ0v) is 14.9. The first-order valence-corrected chi connectivity index (χ1v) is 8.90. The fraction of sp³-hybridized carbons (Fsp3) is 0.278. The molecule has 0 aliphatic carbocycles. The minimum absolute atomic E-state index is 0.00452. The van der Waals surface area contributed by atoms with E-state index in [0.717, 1.165) is 33.2 Å². The maximum absolute atomic E-state index is 11.8. The lowest BCUT2D eigenvalue weighted by molar-refractivity contribution is -0.118. The van der Waals surface area contributed by atoms with Crippen molar-refractivity contribution in [1.82, 2.24) is 19.9 Å².